The normalized spacial score (nSPS) is 17.0. The molecular formula is C16H23N3O4. The predicted molar refractivity (Wildman–Crippen MR) is 85.6 cm³/mol. The molecule has 0 aromatic heterocycles. The van der Waals surface area contributed by atoms with Crippen molar-refractivity contribution in [3.63, 3.8) is 0 Å². The van der Waals surface area contributed by atoms with Crippen LogP contribution in [-0.4, -0.2) is 50.2 Å². The average Bonchev–Trinajstić information content (AvgIpc) is 3.04. The van der Waals surface area contributed by atoms with Crippen molar-refractivity contribution in [2.24, 2.45) is 5.73 Å². The van der Waals surface area contributed by atoms with Crippen LogP contribution in [0, 0.1) is 0 Å². The van der Waals surface area contributed by atoms with Gasteiger partial charge in [0.15, 0.2) is 11.5 Å². The highest BCUT2D eigenvalue weighted by Gasteiger charge is 2.32. The molecule has 0 bridgehead atoms. The van der Waals surface area contributed by atoms with E-state index in [1.54, 1.807) is 14.2 Å². The summed E-state index contributed by atoms with van der Waals surface area (Å²) in [6.45, 7) is 0.992. The molecule has 1 aromatic carbocycles. The number of methoxy groups -OCH3 is 2. The molecule has 1 fully saturated rings. The minimum atomic E-state index is -0.499. The lowest BCUT2D eigenvalue weighted by Crippen LogP contribution is -2.48. The van der Waals surface area contributed by atoms with E-state index in [2.05, 4.69) is 5.32 Å². The van der Waals surface area contributed by atoms with Crippen LogP contribution in [0.3, 0.4) is 0 Å². The number of hydrogen-bond acceptors (Lipinski definition) is 4. The molecule has 23 heavy (non-hydrogen) atoms. The summed E-state index contributed by atoms with van der Waals surface area (Å²) < 4.78 is 10.6. The highest BCUT2D eigenvalue weighted by molar-refractivity contribution is 5.86. The van der Waals surface area contributed by atoms with Gasteiger partial charge in [-0.2, -0.15) is 0 Å². The molecule has 3 N–H and O–H groups in total. The van der Waals surface area contributed by atoms with Gasteiger partial charge in [-0.25, -0.2) is 4.79 Å². The number of nitrogens with one attached hydrogen (secondary N) is 1. The van der Waals surface area contributed by atoms with E-state index in [4.69, 9.17) is 15.2 Å². The summed E-state index contributed by atoms with van der Waals surface area (Å²) in [5.41, 5.74) is 6.27. The van der Waals surface area contributed by atoms with E-state index in [1.807, 2.05) is 18.2 Å². The average molecular weight is 321 g/mol. The van der Waals surface area contributed by atoms with Crippen molar-refractivity contribution in [1.29, 1.82) is 0 Å². The number of carbonyl (C=O) groups is 2. The fourth-order valence-electron chi connectivity index (χ4n) is 2.86. The molecule has 1 aliphatic heterocycles. The molecule has 1 aromatic rings. The third kappa shape index (κ3) is 3.85. The standard InChI is InChI=1S/C16H23N3O4/c1-22-13-7-3-5-11(14(13)23-2)8-9-18-16(21)19-10-4-6-12(19)15(17)20/h3,5,7,12H,4,6,8-10H2,1-2H3,(H2,17,20)(H,18,21)/t12-/m0/s1. The van der Waals surface area contributed by atoms with E-state index >= 15 is 0 Å². The largest absolute Gasteiger partial charge is 0.493 e. The van der Waals surface area contributed by atoms with Gasteiger partial charge in [-0.3, -0.25) is 4.79 Å². The Balaban J connectivity index is 1.92. The van der Waals surface area contributed by atoms with Crippen molar-refractivity contribution in [3.8, 4) is 11.5 Å². The molecule has 0 saturated carbocycles. The fourth-order valence-corrected chi connectivity index (χ4v) is 2.86. The summed E-state index contributed by atoms with van der Waals surface area (Å²) in [5, 5.41) is 2.83. The monoisotopic (exact) mass is 321 g/mol. The molecule has 7 nitrogen and oxygen atoms in total. The third-order valence-corrected chi connectivity index (χ3v) is 4.00. The molecule has 3 amide bonds. The lowest BCUT2D eigenvalue weighted by molar-refractivity contribution is -0.121. The first-order chi connectivity index (χ1) is 11.1. The van der Waals surface area contributed by atoms with Gasteiger partial charge in [0.25, 0.3) is 0 Å². The van der Waals surface area contributed by atoms with Gasteiger partial charge in [-0.1, -0.05) is 12.1 Å². The first-order valence-electron chi connectivity index (χ1n) is 7.62. The van der Waals surface area contributed by atoms with E-state index in [9.17, 15) is 9.59 Å². The number of carbonyl (C=O) groups excluding carboxylic acids is 2. The zero-order chi connectivity index (χ0) is 16.8. The molecule has 2 rings (SSSR count). The SMILES string of the molecule is COc1cccc(CCNC(=O)N2CCC[C@H]2C(N)=O)c1OC. The van der Waals surface area contributed by atoms with Crippen LogP contribution in [0.25, 0.3) is 0 Å². The van der Waals surface area contributed by atoms with Gasteiger partial charge in [0.2, 0.25) is 5.91 Å². The quantitative estimate of drug-likeness (QED) is 0.814. The zero-order valence-corrected chi connectivity index (χ0v) is 13.5. The summed E-state index contributed by atoms with van der Waals surface area (Å²) in [6, 6.07) is 4.87. The molecule has 7 heteroatoms. The molecule has 0 spiro atoms. The molecule has 1 saturated heterocycles. The summed E-state index contributed by atoms with van der Waals surface area (Å²) in [5.74, 6) is 0.872. The summed E-state index contributed by atoms with van der Waals surface area (Å²) in [7, 11) is 3.17. The molecule has 1 aliphatic rings. The van der Waals surface area contributed by atoms with Crippen LogP contribution in [0.2, 0.25) is 0 Å². The maximum atomic E-state index is 12.2. The number of rotatable bonds is 6. The molecule has 0 radical (unpaired) electrons. The molecule has 0 aliphatic carbocycles. The second kappa shape index (κ2) is 7.71. The van der Waals surface area contributed by atoms with Crippen LogP contribution in [0.15, 0.2) is 18.2 Å². The van der Waals surface area contributed by atoms with Crippen molar-refractivity contribution >= 4 is 11.9 Å². The fraction of sp³-hybridized carbons (Fsp3) is 0.500. The van der Waals surface area contributed by atoms with Gasteiger partial charge in [-0.15, -0.1) is 0 Å². The number of likely N-dealkylation sites (tertiary alicyclic amines) is 1. The van der Waals surface area contributed by atoms with Crippen molar-refractivity contribution in [3.05, 3.63) is 23.8 Å². The summed E-state index contributed by atoms with van der Waals surface area (Å²) >= 11 is 0. The van der Waals surface area contributed by atoms with Crippen LogP contribution in [0.5, 0.6) is 11.5 Å². The van der Waals surface area contributed by atoms with E-state index in [0.29, 0.717) is 37.4 Å². The Hall–Kier alpha value is -2.44. The number of amides is 3. The van der Waals surface area contributed by atoms with Gasteiger partial charge in [-0.05, 0) is 30.9 Å². The Kier molecular flexibility index (Phi) is 5.67. The molecule has 1 heterocycles. The summed E-state index contributed by atoms with van der Waals surface area (Å²) in [6.07, 6.45) is 2.03. The first kappa shape index (κ1) is 16.9. The molecule has 126 valence electrons. The highest BCUT2D eigenvalue weighted by Crippen LogP contribution is 2.30. The van der Waals surface area contributed by atoms with Gasteiger partial charge >= 0.3 is 6.03 Å². The van der Waals surface area contributed by atoms with Gasteiger partial charge < -0.3 is 25.4 Å². The highest BCUT2D eigenvalue weighted by atomic mass is 16.5. The Morgan fingerprint density at radius 2 is 2.13 bits per heavy atom. The smallest absolute Gasteiger partial charge is 0.318 e. The summed E-state index contributed by atoms with van der Waals surface area (Å²) in [4.78, 5) is 25.0. The van der Waals surface area contributed by atoms with E-state index in [1.165, 1.54) is 4.90 Å². The maximum absolute atomic E-state index is 12.2. The zero-order valence-electron chi connectivity index (χ0n) is 13.5. The van der Waals surface area contributed by atoms with Gasteiger partial charge in [0.1, 0.15) is 6.04 Å². The van der Waals surface area contributed by atoms with Gasteiger partial charge in [0.05, 0.1) is 14.2 Å². The Bertz CT molecular complexity index is 576. The molecular weight excluding hydrogens is 298 g/mol. The van der Waals surface area contributed by atoms with Crippen LogP contribution in [-0.2, 0) is 11.2 Å². The van der Waals surface area contributed by atoms with Crippen LogP contribution in [0.1, 0.15) is 18.4 Å². The predicted octanol–water partition coefficient (Wildman–Crippen LogP) is 0.906. The van der Waals surface area contributed by atoms with E-state index in [-0.39, 0.29) is 6.03 Å². The van der Waals surface area contributed by atoms with Crippen LogP contribution >= 0.6 is 0 Å². The number of nitrogens with two attached hydrogens (primary N) is 1. The topological polar surface area (TPSA) is 93.9 Å². The number of hydrogen-bond donors (Lipinski definition) is 2. The van der Waals surface area contributed by atoms with Crippen molar-refractivity contribution in [2.75, 3.05) is 27.3 Å². The number of para-hydroxylation sites is 1. The molecule has 0 unspecified atom stereocenters. The number of urea groups is 1. The Morgan fingerprint density at radius 1 is 1.35 bits per heavy atom. The number of benzene rings is 1. The minimum Gasteiger partial charge on any atom is -0.493 e. The van der Waals surface area contributed by atoms with Crippen molar-refractivity contribution in [1.82, 2.24) is 10.2 Å². The van der Waals surface area contributed by atoms with Gasteiger partial charge in [0, 0.05) is 13.1 Å². The van der Waals surface area contributed by atoms with Crippen molar-refractivity contribution < 1.29 is 19.1 Å². The number of nitrogens with zero attached hydrogens (tertiary/aromatic N) is 1. The molecule has 1 atom stereocenters. The van der Waals surface area contributed by atoms with Crippen molar-refractivity contribution in [2.45, 2.75) is 25.3 Å². The second-order valence-corrected chi connectivity index (χ2v) is 5.39. The minimum absolute atomic E-state index is 0.256. The third-order valence-electron chi connectivity index (χ3n) is 4.00. The lowest BCUT2D eigenvalue weighted by Gasteiger charge is -2.22. The van der Waals surface area contributed by atoms with Crippen LogP contribution in [0.4, 0.5) is 4.79 Å². The van der Waals surface area contributed by atoms with E-state index in [0.717, 1.165) is 12.0 Å². The number of ether oxygens (including phenoxy) is 2. The Morgan fingerprint density at radius 3 is 2.78 bits per heavy atom. The number of primary amides is 1. The Labute approximate surface area is 135 Å². The second-order valence-electron chi connectivity index (χ2n) is 5.39. The first-order valence-corrected chi connectivity index (χ1v) is 7.62. The maximum Gasteiger partial charge on any atom is 0.318 e. The van der Waals surface area contributed by atoms with Crippen LogP contribution < -0.4 is 20.5 Å². The lowest BCUT2D eigenvalue weighted by atomic mass is 10.1. The van der Waals surface area contributed by atoms with E-state index < -0.39 is 11.9 Å².